The number of nitrogens with zero attached hydrogens (tertiary/aromatic N) is 2. The molecule has 2 aromatic carbocycles. The largest absolute Gasteiger partial charge is 0.384 e. The summed E-state index contributed by atoms with van der Waals surface area (Å²) in [6, 6.07) is 16.2. The lowest BCUT2D eigenvalue weighted by molar-refractivity contribution is -0.132. The van der Waals surface area contributed by atoms with Crippen LogP contribution in [0.15, 0.2) is 54.6 Å². The van der Waals surface area contributed by atoms with Crippen LogP contribution in [-0.4, -0.2) is 55.0 Å². The molecule has 148 valence electrons. The quantitative estimate of drug-likeness (QED) is 0.756. The second-order valence-electron chi connectivity index (χ2n) is 7.14. The normalized spacial score (nSPS) is 15.1. The molecule has 1 aliphatic heterocycles. The van der Waals surface area contributed by atoms with Gasteiger partial charge in [0.05, 0.1) is 0 Å². The molecule has 1 aliphatic rings. The standard InChI is InChI=1S/C23H28ClN3O/c1-19-9-10-21(18-22(19)24)25-12-11-23(28)27-16-14-26(15-17-27)13-5-8-20-6-3-2-4-7-20/h2-10,18,25H,11-17H2,1H3/b8-5+. The summed E-state index contributed by atoms with van der Waals surface area (Å²) in [6.07, 6.45) is 4.85. The number of hydrogen-bond donors (Lipinski definition) is 1. The van der Waals surface area contributed by atoms with Gasteiger partial charge in [0.1, 0.15) is 0 Å². The van der Waals surface area contributed by atoms with Crippen LogP contribution < -0.4 is 5.32 Å². The SMILES string of the molecule is Cc1ccc(NCCC(=O)N2CCN(C/C=C/c3ccccc3)CC2)cc1Cl. The Kier molecular flexibility index (Phi) is 7.52. The highest BCUT2D eigenvalue weighted by atomic mass is 35.5. The molecule has 28 heavy (non-hydrogen) atoms. The molecule has 4 nitrogen and oxygen atoms in total. The van der Waals surface area contributed by atoms with Crippen molar-refractivity contribution in [1.82, 2.24) is 9.80 Å². The molecule has 1 amide bonds. The van der Waals surface area contributed by atoms with Gasteiger partial charge in [0.15, 0.2) is 0 Å². The van der Waals surface area contributed by atoms with Gasteiger partial charge in [-0.15, -0.1) is 0 Å². The fraction of sp³-hybridized carbons (Fsp3) is 0.348. The van der Waals surface area contributed by atoms with Crippen LogP contribution >= 0.6 is 11.6 Å². The van der Waals surface area contributed by atoms with E-state index in [0.717, 1.165) is 49.0 Å². The molecule has 0 bridgehead atoms. The first-order chi connectivity index (χ1) is 13.6. The number of halogens is 1. The molecule has 0 unspecified atom stereocenters. The first-order valence-electron chi connectivity index (χ1n) is 9.83. The van der Waals surface area contributed by atoms with Crippen molar-refractivity contribution < 1.29 is 4.79 Å². The number of rotatable bonds is 7. The van der Waals surface area contributed by atoms with E-state index in [1.807, 2.05) is 48.2 Å². The maximum absolute atomic E-state index is 12.4. The van der Waals surface area contributed by atoms with E-state index < -0.39 is 0 Å². The van der Waals surface area contributed by atoms with E-state index in [9.17, 15) is 4.79 Å². The summed E-state index contributed by atoms with van der Waals surface area (Å²) < 4.78 is 0. The van der Waals surface area contributed by atoms with E-state index >= 15 is 0 Å². The van der Waals surface area contributed by atoms with Crippen molar-refractivity contribution in [2.45, 2.75) is 13.3 Å². The van der Waals surface area contributed by atoms with E-state index in [0.29, 0.717) is 13.0 Å². The lowest BCUT2D eigenvalue weighted by Gasteiger charge is -2.34. The number of hydrogen-bond acceptors (Lipinski definition) is 3. The first kappa shape index (κ1) is 20.4. The highest BCUT2D eigenvalue weighted by Crippen LogP contribution is 2.19. The minimum Gasteiger partial charge on any atom is -0.384 e. The van der Waals surface area contributed by atoms with Gasteiger partial charge < -0.3 is 10.2 Å². The summed E-state index contributed by atoms with van der Waals surface area (Å²) >= 11 is 6.14. The minimum absolute atomic E-state index is 0.213. The maximum atomic E-state index is 12.4. The Morgan fingerprint density at radius 1 is 1.11 bits per heavy atom. The lowest BCUT2D eigenvalue weighted by Crippen LogP contribution is -2.48. The molecule has 1 heterocycles. The summed E-state index contributed by atoms with van der Waals surface area (Å²) in [5.41, 5.74) is 3.23. The Morgan fingerprint density at radius 2 is 1.86 bits per heavy atom. The molecule has 5 heteroatoms. The van der Waals surface area contributed by atoms with Crippen LogP contribution in [0.5, 0.6) is 0 Å². The average Bonchev–Trinajstić information content (AvgIpc) is 2.72. The number of nitrogens with one attached hydrogen (secondary N) is 1. The van der Waals surface area contributed by atoms with E-state index in [2.05, 4.69) is 34.5 Å². The molecular weight excluding hydrogens is 370 g/mol. The molecule has 0 aromatic heterocycles. The number of piperazine rings is 1. The second-order valence-corrected chi connectivity index (χ2v) is 7.54. The van der Waals surface area contributed by atoms with Gasteiger partial charge in [0, 0.05) is 56.4 Å². The zero-order valence-electron chi connectivity index (χ0n) is 16.4. The number of carbonyl (C=O) groups excluding carboxylic acids is 1. The van der Waals surface area contributed by atoms with Crippen molar-refractivity contribution in [1.29, 1.82) is 0 Å². The molecule has 1 fully saturated rings. The molecule has 0 aliphatic carbocycles. The third-order valence-electron chi connectivity index (χ3n) is 5.04. The summed E-state index contributed by atoms with van der Waals surface area (Å²) in [4.78, 5) is 16.8. The lowest BCUT2D eigenvalue weighted by atomic mass is 10.2. The number of aryl methyl sites for hydroxylation is 1. The second kappa shape index (κ2) is 10.3. The number of carbonyl (C=O) groups is 1. The van der Waals surface area contributed by atoms with Gasteiger partial charge >= 0.3 is 0 Å². The first-order valence-corrected chi connectivity index (χ1v) is 10.2. The zero-order chi connectivity index (χ0) is 19.8. The van der Waals surface area contributed by atoms with E-state index in [1.54, 1.807) is 0 Å². The van der Waals surface area contributed by atoms with Crippen LogP contribution in [-0.2, 0) is 4.79 Å². The van der Waals surface area contributed by atoms with Gasteiger partial charge in [-0.2, -0.15) is 0 Å². The Morgan fingerprint density at radius 3 is 2.57 bits per heavy atom. The highest BCUT2D eigenvalue weighted by Gasteiger charge is 2.19. The van der Waals surface area contributed by atoms with Gasteiger partial charge in [-0.05, 0) is 30.2 Å². The maximum Gasteiger partial charge on any atom is 0.224 e. The van der Waals surface area contributed by atoms with Gasteiger partial charge in [-0.1, -0.05) is 60.2 Å². The van der Waals surface area contributed by atoms with E-state index in [1.165, 1.54) is 5.56 Å². The van der Waals surface area contributed by atoms with Gasteiger partial charge in [-0.3, -0.25) is 9.69 Å². The molecule has 0 radical (unpaired) electrons. The molecule has 0 spiro atoms. The van der Waals surface area contributed by atoms with Crippen LogP contribution in [0.1, 0.15) is 17.5 Å². The van der Waals surface area contributed by atoms with Gasteiger partial charge in [0.2, 0.25) is 5.91 Å². The Balaban J connectivity index is 1.35. The van der Waals surface area contributed by atoms with Gasteiger partial charge in [0.25, 0.3) is 0 Å². The van der Waals surface area contributed by atoms with Crippen molar-refractivity contribution in [3.63, 3.8) is 0 Å². The number of amides is 1. The predicted molar refractivity (Wildman–Crippen MR) is 118 cm³/mol. The molecule has 0 atom stereocenters. The summed E-state index contributed by atoms with van der Waals surface area (Å²) in [5.74, 6) is 0.213. The fourth-order valence-corrected chi connectivity index (χ4v) is 3.44. The molecular formula is C23H28ClN3O. The van der Waals surface area contributed by atoms with Crippen LogP contribution in [0, 0.1) is 6.92 Å². The van der Waals surface area contributed by atoms with Crippen molar-refractivity contribution >= 4 is 29.3 Å². The van der Waals surface area contributed by atoms with Crippen LogP contribution in [0.2, 0.25) is 5.02 Å². The van der Waals surface area contributed by atoms with Gasteiger partial charge in [-0.25, -0.2) is 0 Å². The Bertz CT molecular complexity index is 799. The summed E-state index contributed by atoms with van der Waals surface area (Å²) in [7, 11) is 0. The molecule has 2 aromatic rings. The third kappa shape index (κ3) is 6.11. The fourth-order valence-electron chi connectivity index (χ4n) is 3.26. The van der Waals surface area contributed by atoms with Crippen LogP contribution in [0.4, 0.5) is 5.69 Å². The van der Waals surface area contributed by atoms with Crippen molar-refractivity contribution in [3.05, 3.63) is 70.8 Å². The summed E-state index contributed by atoms with van der Waals surface area (Å²) in [6.45, 7) is 6.97. The highest BCUT2D eigenvalue weighted by molar-refractivity contribution is 6.31. The van der Waals surface area contributed by atoms with Crippen LogP contribution in [0.25, 0.3) is 6.08 Å². The zero-order valence-corrected chi connectivity index (χ0v) is 17.2. The minimum atomic E-state index is 0.213. The molecule has 1 saturated heterocycles. The smallest absolute Gasteiger partial charge is 0.224 e. The Labute approximate surface area is 172 Å². The van der Waals surface area contributed by atoms with Crippen LogP contribution in [0.3, 0.4) is 0 Å². The number of anilines is 1. The topological polar surface area (TPSA) is 35.6 Å². The number of benzene rings is 2. The predicted octanol–water partition coefficient (Wildman–Crippen LogP) is 4.31. The summed E-state index contributed by atoms with van der Waals surface area (Å²) in [5, 5.41) is 4.03. The average molecular weight is 398 g/mol. The Hall–Kier alpha value is -2.30. The van der Waals surface area contributed by atoms with Crippen molar-refractivity contribution in [2.75, 3.05) is 44.6 Å². The van der Waals surface area contributed by atoms with Crippen molar-refractivity contribution in [3.8, 4) is 0 Å². The molecule has 3 rings (SSSR count). The molecule has 0 saturated carbocycles. The third-order valence-corrected chi connectivity index (χ3v) is 5.45. The van der Waals surface area contributed by atoms with E-state index in [-0.39, 0.29) is 5.91 Å². The van der Waals surface area contributed by atoms with Crippen molar-refractivity contribution in [2.24, 2.45) is 0 Å². The molecule has 1 N–H and O–H groups in total. The monoisotopic (exact) mass is 397 g/mol. The van der Waals surface area contributed by atoms with E-state index in [4.69, 9.17) is 11.6 Å².